The van der Waals surface area contributed by atoms with Gasteiger partial charge in [0.1, 0.15) is 6.17 Å². The normalized spacial score (nSPS) is 28.5. The van der Waals surface area contributed by atoms with Gasteiger partial charge in [-0.3, -0.25) is 0 Å². The second-order valence-corrected chi connectivity index (χ2v) is 5.59. The van der Waals surface area contributed by atoms with Crippen LogP contribution in [-0.2, 0) is 14.8 Å². The smallest absolute Gasteiger partial charge is 0.216 e. The van der Waals surface area contributed by atoms with Crippen molar-refractivity contribution in [3.05, 3.63) is 0 Å². The summed E-state index contributed by atoms with van der Waals surface area (Å²) in [6.45, 7) is -0.419. The van der Waals surface area contributed by atoms with Crippen LogP contribution in [0.15, 0.2) is 0 Å². The standard InChI is InChI=1S/C8H16FNO4S/c1-14-2-3-15(12,13)10-5-7(9)4-8(10)6-11/h7-8,11H,2-6H2,1H3/t7-,8-/m0/s1. The monoisotopic (exact) mass is 241 g/mol. The van der Waals surface area contributed by atoms with E-state index in [0.717, 1.165) is 4.31 Å². The van der Waals surface area contributed by atoms with Gasteiger partial charge in [-0.25, -0.2) is 12.8 Å². The molecule has 0 amide bonds. The number of aliphatic hydroxyl groups is 1. The van der Waals surface area contributed by atoms with Crippen molar-refractivity contribution in [2.75, 3.05) is 32.6 Å². The lowest BCUT2D eigenvalue weighted by Gasteiger charge is -2.21. The molecular weight excluding hydrogens is 225 g/mol. The largest absolute Gasteiger partial charge is 0.395 e. The zero-order chi connectivity index (χ0) is 11.5. The summed E-state index contributed by atoms with van der Waals surface area (Å²) < 4.78 is 42.1. The van der Waals surface area contributed by atoms with Crippen molar-refractivity contribution < 1.29 is 22.7 Å². The summed E-state index contributed by atoms with van der Waals surface area (Å²) in [5, 5.41) is 8.94. The summed E-state index contributed by atoms with van der Waals surface area (Å²) in [5.41, 5.74) is 0. The molecule has 0 aromatic heterocycles. The summed E-state index contributed by atoms with van der Waals surface area (Å²) in [6.07, 6.45) is -1.11. The molecular formula is C8H16FNO4S. The molecule has 1 heterocycles. The number of hydrogen-bond donors (Lipinski definition) is 1. The molecule has 0 bridgehead atoms. The van der Waals surface area contributed by atoms with Crippen LogP contribution in [0.5, 0.6) is 0 Å². The number of ether oxygens (including phenoxy) is 1. The molecule has 1 fully saturated rings. The maximum absolute atomic E-state index is 13.0. The first-order valence-corrected chi connectivity index (χ1v) is 6.35. The molecule has 1 saturated heterocycles. The molecule has 1 rings (SSSR count). The van der Waals surface area contributed by atoms with Gasteiger partial charge in [-0.15, -0.1) is 0 Å². The van der Waals surface area contributed by atoms with Crippen molar-refractivity contribution in [2.45, 2.75) is 18.6 Å². The molecule has 0 unspecified atom stereocenters. The van der Waals surface area contributed by atoms with E-state index in [-0.39, 0.29) is 31.9 Å². The Kier molecular flexibility index (Phi) is 4.45. The van der Waals surface area contributed by atoms with Crippen molar-refractivity contribution in [1.29, 1.82) is 0 Å². The number of rotatable bonds is 5. The predicted molar refractivity (Wildman–Crippen MR) is 52.8 cm³/mol. The highest BCUT2D eigenvalue weighted by molar-refractivity contribution is 7.89. The summed E-state index contributed by atoms with van der Waals surface area (Å²) in [4.78, 5) is 0. The summed E-state index contributed by atoms with van der Waals surface area (Å²) in [5.74, 6) is -0.174. The first kappa shape index (κ1) is 12.8. The highest BCUT2D eigenvalue weighted by Gasteiger charge is 2.38. The van der Waals surface area contributed by atoms with Gasteiger partial charge < -0.3 is 9.84 Å². The maximum Gasteiger partial charge on any atom is 0.216 e. The van der Waals surface area contributed by atoms with Crippen LogP contribution in [0.3, 0.4) is 0 Å². The Hall–Kier alpha value is -0.240. The van der Waals surface area contributed by atoms with E-state index in [9.17, 15) is 12.8 Å². The fourth-order valence-electron chi connectivity index (χ4n) is 1.64. The molecule has 1 aliphatic heterocycles. The lowest BCUT2D eigenvalue weighted by atomic mass is 10.2. The molecule has 15 heavy (non-hydrogen) atoms. The molecule has 0 spiro atoms. The minimum Gasteiger partial charge on any atom is -0.395 e. The van der Waals surface area contributed by atoms with Gasteiger partial charge in [0, 0.05) is 13.7 Å². The molecule has 0 radical (unpaired) electrons. The van der Waals surface area contributed by atoms with Crippen molar-refractivity contribution in [1.82, 2.24) is 4.31 Å². The molecule has 0 aliphatic carbocycles. The van der Waals surface area contributed by atoms with E-state index < -0.39 is 22.2 Å². The molecule has 5 nitrogen and oxygen atoms in total. The van der Waals surface area contributed by atoms with Gasteiger partial charge in [0.15, 0.2) is 0 Å². The van der Waals surface area contributed by atoms with Gasteiger partial charge in [0.25, 0.3) is 0 Å². The highest BCUT2D eigenvalue weighted by Crippen LogP contribution is 2.23. The van der Waals surface area contributed by atoms with E-state index in [2.05, 4.69) is 4.74 Å². The van der Waals surface area contributed by atoms with Crippen LogP contribution in [0.2, 0.25) is 0 Å². The highest BCUT2D eigenvalue weighted by atomic mass is 32.2. The van der Waals surface area contributed by atoms with Crippen LogP contribution in [-0.4, -0.2) is 62.7 Å². The van der Waals surface area contributed by atoms with Crippen LogP contribution in [0.1, 0.15) is 6.42 Å². The van der Waals surface area contributed by atoms with Crippen LogP contribution >= 0.6 is 0 Å². The Bertz CT molecular complexity index is 295. The zero-order valence-corrected chi connectivity index (χ0v) is 9.41. The predicted octanol–water partition coefficient (Wildman–Crippen LogP) is -0.633. The minimum atomic E-state index is -3.51. The van der Waals surface area contributed by atoms with Crippen LogP contribution in [0.4, 0.5) is 4.39 Å². The van der Waals surface area contributed by atoms with Crippen molar-refractivity contribution in [3.63, 3.8) is 0 Å². The lowest BCUT2D eigenvalue weighted by molar-refractivity contribution is 0.203. The SMILES string of the molecule is COCCS(=O)(=O)N1C[C@@H](F)C[C@H]1CO. The first-order chi connectivity index (χ1) is 7.01. The van der Waals surface area contributed by atoms with Gasteiger partial charge in [-0.1, -0.05) is 0 Å². The van der Waals surface area contributed by atoms with E-state index in [4.69, 9.17) is 5.11 Å². The third kappa shape index (κ3) is 3.10. The Labute approximate surface area is 88.9 Å². The van der Waals surface area contributed by atoms with Crippen molar-refractivity contribution >= 4 is 10.0 Å². The molecule has 90 valence electrons. The number of aliphatic hydroxyl groups excluding tert-OH is 1. The number of halogens is 1. The van der Waals surface area contributed by atoms with Gasteiger partial charge in [-0.05, 0) is 6.42 Å². The molecule has 0 aromatic rings. The van der Waals surface area contributed by atoms with E-state index in [1.807, 2.05) is 0 Å². The minimum absolute atomic E-state index is 0.0721. The first-order valence-electron chi connectivity index (χ1n) is 4.74. The maximum atomic E-state index is 13.0. The molecule has 7 heteroatoms. The second kappa shape index (κ2) is 5.20. The third-order valence-electron chi connectivity index (χ3n) is 2.43. The third-order valence-corrected chi connectivity index (χ3v) is 4.27. The summed E-state index contributed by atoms with van der Waals surface area (Å²) in [7, 11) is -2.10. The van der Waals surface area contributed by atoms with Gasteiger partial charge in [-0.2, -0.15) is 4.31 Å². The topological polar surface area (TPSA) is 66.8 Å². The van der Waals surface area contributed by atoms with E-state index in [0.29, 0.717) is 0 Å². The Morgan fingerprint density at radius 3 is 2.80 bits per heavy atom. The van der Waals surface area contributed by atoms with Gasteiger partial charge in [0.2, 0.25) is 10.0 Å². The van der Waals surface area contributed by atoms with E-state index in [1.54, 1.807) is 0 Å². The van der Waals surface area contributed by atoms with Crippen LogP contribution in [0, 0.1) is 0 Å². The lowest BCUT2D eigenvalue weighted by Crippen LogP contribution is -2.40. The van der Waals surface area contributed by atoms with Crippen LogP contribution < -0.4 is 0 Å². The Morgan fingerprint density at radius 2 is 2.27 bits per heavy atom. The Balaban J connectivity index is 2.69. The quantitative estimate of drug-likeness (QED) is 0.696. The van der Waals surface area contributed by atoms with Crippen molar-refractivity contribution in [3.8, 4) is 0 Å². The number of methoxy groups -OCH3 is 1. The summed E-state index contributed by atoms with van der Waals surface area (Å²) in [6, 6.07) is -0.623. The van der Waals surface area contributed by atoms with E-state index >= 15 is 0 Å². The molecule has 0 aromatic carbocycles. The number of hydrogen-bond acceptors (Lipinski definition) is 4. The number of nitrogens with zero attached hydrogens (tertiary/aromatic N) is 1. The summed E-state index contributed by atoms with van der Waals surface area (Å²) >= 11 is 0. The Morgan fingerprint density at radius 1 is 1.60 bits per heavy atom. The fraction of sp³-hybridized carbons (Fsp3) is 1.00. The molecule has 1 aliphatic rings. The molecule has 0 saturated carbocycles. The average Bonchev–Trinajstić information content (AvgIpc) is 2.57. The molecule has 1 N–H and O–H groups in total. The van der Waals surface area contributed by atoms with Gasteiger partial charge in [0.05, 0.1) is 25.0 Å². The second-order valence-electron chi connectivity index (χ2n) is 3.55. The number of sulfonamides is 1. The van der Waals surface area contributed by atoms with E-state index in [1.165, 1.54) is 7.11 Å². The number of alkyl halides is 1. The zero-order valence-electron chi connectivity index (χ0n) is 8.60. The fourth-order valence-corrected chi connectivity index (χ4v) is 3.25. The average molecular weight is 241 g/mol. The van der Waals surface area contributed by atoms with Crippen LogP contribution in [0.25, 0.3) is 0 Å². The van der Waals surface area contributed by atoms with Gasteiger partial charge >= 0.3 is 0 Å². The molecule has 2 atom stereocenters. The van der Waals surface area contributed by atoms with Crippen molar-refractivity contribution in [2.24, 2.45) is 0 Å².